The second-order valence-corrected chi connectivity index (χ2v) is 4.16. The highest BCUT2D eigenvalue weighted by atomic mass is 32.1. The van der Waals surface area contributed by atoms with Gasteiger partial charge in [0.05, 0.1) is 0 Å². The van der Waals surface area contributed by atoms with E-state index in [1.807, 2.05) is 18.3 Å². The molecule has 0 fully saturated rings. The number of nitrogens with one attached hydrogen (secondary N) is 1. The molecule has 1 N–H and O–H groups in total. The molecule has 0 spiro atoms. The maximum absolute atomic E-state index is 5.25. The Morgan fingerprint density at radius 2 is 2.36 bits per heavy atom. The Labute approximate surface area is 90.3 Å². The largest absolute Gasteiger partial charge is 0.382 e. The Morgan fingerprint density at radius 1 is 1.43 bits per heavy atom. The second-order valence-electron chi connectivity index (χ2n) is 3.13. The van der Waals surface area contributed by atoms with Gasteiger partial charge in [0.2, 0.25) is 0 Å². The standard InChI is InChI=1S/C11H19NOS/c1-2-13-9-4-7-12-8-6-11-5-3-10-14-11/h3,5,10,12H,2,4,6-9H2,1H3. The summed E-state index contributed by atoms with van der Waals surface area (Å²) in [5.41, 5.74) is 0. The molecule has 2 nitrogen and oxygen atoms in total. The molecule has 1 aromatic rings. The van der Waals surface area contributed by atoms with E-state index in [2.05, 4.69) is 22.8 Å². The molecule has 1 aromatic heterocycles. The number of hydrogen-bond acceptors (Lipinski definition) is 3. The third-order valence-corrected chi connectivity index (χ3v) is 2.91. The number of hydrogen-bond donors (Lipinski definition) is 1. The molecule has 14 heavy (non-hydrogen) atoms. The molecular weight excluding hydrogens is 194 g/mol. The zero-order chi connectivity index (χ0) is 10.1. The Balaban J connectivity index is 1.85. The fourth-order valence-electron chi connectivity index (χ4n) is 1.23. The van der Waals surface area contributed by atoms with E-state index in [-0.39, 0.29) is 0 Å². The lowest BCUT2D eigenvalue weighted by Gasteiger charge is -2.03. The van der Waals surface area contributed by atoms with Gasteiger partial charge in [-0.1, -0.05) is 6.07 Å². The first-order valence-corrected chi connectivity index (χ1v) is 6.12. The van der Waals surface area contributed by atoms with Crippen LogP contribution >= 0.6 is 11.3 Å². The summed E-state index contributed by atoms with van der Waals surface area (Å²) in [6, 6.07) is 4.29. The first-order valence-electron chi connectivity index (χ1n) is 5.24. The van der Waals surface area contributed by atoms with E-state index in [0.29, 0.717) is 0 Å². The molecule has 0 saturated carbocycles. The van der Waals surface area contributed by atoms with Crippen molar-refractivity contribution >= 4 is 11.3 Å². The summed E-state index contributed by atoms with van der Waals surface area (Å²) in [6.45, 7) is 5.87. The van der Waals surface area contributed by atoms with Crippen LogP contribution in [0.4, 0.5) is 0 Å². The van der Waals surface area contributed by atoms with Crippen LogP contribution in [0.2, 0.25) is 0 Å². The van der Waals surface area contributed by atoms with Crippen molar-refractivity contribution in [2.75, 3.05) is 26.3 Å². The molecule has 0 aliphatic rings. The Kier molecular flexibility index (Phi) is 6.66. The van der Waals surface area contributed by atoms with Crippen LogP contribution in [0.15, 0.2) is 17.5 Å². The molecule has 0 amide bonds. The topological polar surface area (TPSA) is 21.3 Å². The second kappa shape index (κ2) is 7.97. The van der Waals surface area contributed by atoms with Crippen molar-refractivity contribution in [3.05, 3.63) is 22.4 Å². The predicted molar refractivity (Wildman–Crippen MR) is 62.0 cm³/mol. The van der Waals surface area contributed by atoms with E-state index in [0.717, 1.165) is 39.1 Å². The van der Waals surface area contributed by atoms with Crippen LogP contribution in [0, 0.1) is 0 Å². The predicted octanol–water partition coefficient (Wildman–Crippen LogP) is 2.31. The summed E-state index contributed by atoms with van der Waals surface area (Å²) >= 11 is 1.83. The fourth-order valence-corrected chi connectivity index (χ4v) is 1.94. The van der Waals surface area contributed by atoms with Crippen molar-refractivity contribution in [3.8, 4) is 0 Å². The van der Waals surface area contributed by atoms with Gasteiger partial charge in [-0.05, 0) is 44.3 Å². The van der Waals surface area contributed by atoms with E-state index in [1.165, 1.54) is 4.88 Å². The molecule has 0 radical (unpaired) electrons. The van der Waals surface area contributed by atoms with Crippen LogP contribution in [0.25, 0.3) is 0 Å². The Morgan fingerprint density at radius 3 is 3.07 bits per heavy atom. The summed E-state index contributed by atoms with van der Waals surface area (Å²) in [5, 5.41) is 5.54. The number of thiophene rings is 1. The summed E-state index contributed by atoms with van der Waals surface area (Å²) in [7, 11) is 0. The summed E-state index contributed by atoms with van der Waals surface area (Å²) in [6.07, 6.45) is 2.25. The van der Waals surface area contributed by atoms with Gasteiger partial charge < -0.3 is 10.1 Å². The van der Waals surface area contributed by atoms with Crippen molar-refractivity contribution in [2.45, 2.75) is 19.8 Å². The van der Waals surface area contributed by atoms with E-state index >= 15 is 0 Å². The van der Waals surface area contributed by atoms with Crippen LogP contribution in [0.1, 0.15) is 18.2 Å². The molecule has 1 rings (SSSR count). The normalized spacial score (nSPS) is 10.6. The van der Waals surface area contributed by atoms with E-state index in [9.17, 15) is 0 Å². The highest BCUT2D eigenvalue weighted by Gasteiger charge is 1.92. The van der Waals surface area contributed by atoms with Crippen LogP contribution in [0.5, 0.6) is 0 Å². The van der Waals surface area contributed by atoms with Crippen LogP contribution in [0.3, 0.4) is 0 Å². The van der Waals surface area contributed by atoms with Crippen LogP contribution < -0.4 is 5.32 Å². The average Bonchev–Trinajstić information content (AvgIpc) is 2.69. The molecule has 0 unspecified atom stereocenters. The van der Waals surface area contributed by atoms with Gasteiger partial charge in [-0.15, -0.1) is 11.3 Å². The van der Waals surface area contributed by atoms with Gasteiger partial charge >= 0.3 is 0 Å². The van der Waals surface area contributed by atoms with Crippen molar-refractivity contribution in [2.24, 2.45) is 0 Å². The van der Waals surface area contributed by atoms with Gasteiger partial charge in [0.15, 0.2) is 0 Å². The van der Waals surface area contributed by atoms with Gasteiger partial charge in [-0.2, -0.15) is 0 Å². The number of ether oxygens (including phenoxy) is 1. The molecule has 0 aliphatic heterocycles. The summed E-state index contributed by atoms with van der Waals surface area (Å²) in [5.74, 6) is 0. The van der Waals surface area contributed by atoms with Crippen molar-refractivity contribution < 1.29 is 4.74 Å². The Hall–Kier alpha value is -0.380. The highest BCUT2D eigenvalue weighted by Crippen LogP contribution is 2.07. The number of rotatable bonds is 8. The molecular formula is C11H19NOS. The lowest BCUT2D eigenvalue weighted by molar-refractivity contribution is 0.145. The highest BCUT2D eigenvalue weighted by molar-refractivity contribution is 7.09. The van der Waals surface area contributed by atoms with E-state index < -0.39 is 0 Å². The van der Waals surface area contributed by atoms with Gasteiger partial charge in [-0.3, -0.25) is 0 Å². The molecule has 0 bridgehead atoms. The quantitative estimate of drug-likeness (QED) is 0.669. The van der Waals surface area contributed by atoms with Gasteiger partial charge in [0, 0.05) is 18.1 Å². The molecule has 80 valence electrons. The fraction of sp³-hybridized carbons (Fsp3) is 0.636. The molecule has 0 atom stereocenters. The minimum Gasteiger partial charge on any atom is -0.382 e. The molecule has 3 heteroatoms. The van der Waals surface area contributed by atoms with E-state index in [1.54, 1.807) is 0 Å². The summed E-state index contributed by atoms with van der Waals surface area (Å²) in [4.78, 5) is 1.46. The molecule has 0 aliphatic carbocycles. The average molecular weight is 213 g/mol. The third-order valence-electron chi connectivity index (χ3n) is 1.97. The first kappa shape index (κ1) is 11.7. The van der Waals surface area contributed by atoms with Crippen LogP contribution in [-0.2, 0) is 11.2 Å². The minimum atomic E-state index is 0.829. The maximum atomic E-state index is 5.25. The molecule has 0 saturated heterocycles. The molecule has 0 aromatic carbocycles. The van der Waals surface area contributed by atoms with Crippen molar-refractivity contribution in [1.29, 1.82) is 0 Å². The lowest BCUT2D eigenvalue weighted by atomic mass is 10.3. The summed E-state index contributed by atoms with van der Waals surface area (Å²) < 4.78 is 5.25. The molecule has 1 heterocycles. The zero-order valence-corrected chi connectivity index (χ0v) is 9.61. The van der Waals surface area contributed by atoms with Crippen molar-refractivity contribution in [1.82, 2.24) is 5.32 Å². The van der Waals surface area contributed by atoms with Gasteiger partial charge in [-0.25, -0.2) is 0 Å². The van der Waals surface area contributed by atoms with Crippen molar-refractivity contribution in [3.63, 3.8) is 0 Å². The lowest BCUT2D eigenvalue weighted by Crippen LogP contribution is -2.19. The van der Waals surface area contributed by atoms with Gasteiger partial charge in [0.25, 0.3) is 0 Å². The third kappa shape index (κ3) is 5.37. The maximum Gasteiger partial charge on any atom is 0.0477 e. The Bertz CT molecular complexity index is 211. The van der Waals surface area contributed by atoms with Crippen LogP contribution in [-0.4, -0.2) is 26.3 Å². The SMILES string of the molecule is CCOCCCNCCc1cccs1. The zero-order valence-electron chi connectivity index (χ0n) is 8.79. The van der Waals surface area contributed by atoms with Gasteiger partial charge in [0.1, 0.15) is 0 Å². The first-order chi connectivity index (χ1) is 6.93. The minimum absolute atomic E-state index is 0.829. The van der Waals surface area contributed by atoms with E-state index in [4.69, 9.17) is 4.74 Å². The smallest absolute Gasteiger partial charge is 0.0477 e. The monoisotopic (exact) mass is 213 g/mol.